The molecule has 0 saturated heterocycles. The average molecular weight is 446 g/mol. The largest absolute Gasteiger partial charge is 0.491 e. The van der Waals surface area contributed by atoms with Gasteiger partial charge in [-0.05, 0) is 18.2 Å². The Hall–Kier alpha value is -2.72. The van der Waals surface area contributed by atoms with Crippen LogP contribution in [0.5, 0.6) is 5.75 Å². The monoisotopic (exact) mass is 445 g/mol. The van der Waals surface area contributed by atoms with E-state index in [1.54, 1.807) is 6.07 Å². The minimum atomic E-state index is -3.33. The summed E-state index contributed by atoms with van der Waals surface area (Å²) in [6.07, 6.45) is 6.79. The van der Waals surface area contributed by atoms with Gasteiger partial charge in [0.1, 0.15) is 17.9 Å². The zero-order valence-electron chi connectivity index (χ0n) is 16.7. The Labute approximate surface area is 182 Å². The van der Waals surface area contributed by atoms with E-state index in [1.165, 1.54) is 18.6 Å². The smallest absolute Gasteiger partial charge is 0.192 e. The highest BCUT2D eigenvalue weighted by molar-refractivity contribution is 7.90. The highest BCUT2D eigenvalue weighted by atomic mass is 32.2. The molecule has 1 aliphatic heterocycles. The lowest BCUT2D eigenvalue weighted by Crippen LogP contribution is -2.12. The first kappa shape index (κ1) is 22.0. The number of hydrogen-bond acceptors (Lipinski definition) is 8. The first-order valence-electron chi connectivity index (χ1n) is 9.25. The molecular formula is C20H23N5O3S2. The van der Waals surface area contributed by atoms with Crippen LogP contribution >= 0.6 is 13.5 Å². The molecule has 0 saturated carbocycles. The number of ether oxygens (including phenoxy) is 1. The van der Waals surface area contributed by atoms with Gasteiger partial charge in [0.2, 0.25) is 0 Å². The topological polar surface area (TPSA) is 107 Å². The maximum absolute atomic E-state index is 11.6. The summed E-state index contributed by atoms with van der Waals surface area (Å²) in [6.45, 7) is 3.47. The Bertz CT molecular complexity index is 1140. The van der Waals surface area contributed by atoms with E-state index < -0.39 is 9.84 Å². The fourth-order valence-electron chi connectivity index (χ4n) is 3.22. The molecule has 3 aromatic rings. The third-order valence-electron chi connectivity index (χ3n) is 4.79. The molecule has 1 aliphatic rings. The molecule has 0 bridgehead atoms. The second kappa shape index (κ2) is 8.97. The predicted molar refractivity (Wildman–Crippen MR) is 119 cm³/mol. The molecule has 1 atom stereocenters. The number of hydrogen-bond donors (Lipinski definition) is 1. The molecule has 0 aromatic carbocycles. The predicted octanol–water partition coefficient (Wildman–Crippen LogP) is 2.60. The molecule has 158 valence electrons. The van der Waals surface area contributed by atoms with Gasteiger partial charge in [-0.25, -0.2) is 23.4 Å². The summed E-state index contributed by atoms with van der Waals surface area (Å²) in [7, 11) is -3.33. The highest BCUT2D eigenvalue weighted by Crippen LogP contribution is 2.33. The molecule has 0 spiro atoms. The number of nitrogens with one attached hydrogen (secondary N) is 1. The molecular weight excluding hydrogens is 422 g/mol. The third-order valence-corrected chi connectivity index (χ3v) is 5.79. The molecule has 0 fully saturated rings. The van der Waals surface area contributed by atoms with Gasteiger partial charge < -0.3 is 10.1 Å². The first-order valence-corrected chi connectivity index (χ1v) is 11.1. The van der Waals surface area contributed by atoms with Gasteiger partial charge in [-0.2, -0.15) is 13.5 Å². The molecule has 30 heavy (non-hydrogen) atoms. The van der Waals surface area contributed by atoms with Crippen LogP contribution in [0.4, 0.5) is 5.82 Å². The van der Waals surface area contributed by atoms with Crippen molar-refractivity contribution in [3.8, 4) is 17.0 Å². The van der Waals surface area contributed by atoms with Crippen molar-refractivity contribution < 1.29 is 13.2 Å². The van der Waals surface area contributed by atoms with E-state index in [9.17, 15) is 8.42 Å². The van der Waals surface area contributed by atoms with E-state index in [2.05, 4.69) is 32.2 Å². The van der Waals surface area contributed by atoms with Crippen molar-refractivity contribution >= 4 is 29.2 Å². The molecule has 3 aromatic heterocycles. The van der Waals surface area contributed by atoms with Crippen LogP contribution in [0.1, 0.15) is 24.1 Å². The quantitative estimate of drug-likeness (QED) is 0.617. The van der Waals surface area contributed by atoms with Crippen molar-refractivity contribution in [3.63, 3.8) is 0 Å². The first-order chi connectivity index (χ1) is 13.9. The van der Waals surface area contributed by atoms with Crippen LogP contribution in [-0.2, 0) is 16.3 Å². The lowest BCUT2D eigenvalue weighted by Gasteiger charge is -2.16. The molecule has 8 nitrogen and oxygen atoms in total. The van der Waals surface area contributed by atoms with Gasteiger partial charge in [0.25, 0.3) is 0 Å². The molecule has 0 amide bonds. The minimum Gasteiger partial charge on any atom is -0.491 e. The second-order valence-electron chi connectivity index (χ2n) is 7.00. The molecule has 0 unspecified atom stereocenters. The van der Waals surface area contributed by atoms with Crippen LogP contribution in [0.2, 0.25) is 0 Å². The Morgan fingerprint density at radius 2 is 2.00 bits per heavy atom. The van der Waals surface area contributed by atoms with Gasteiger partial charge in [-0.1, -0.05) is 6.92 Å². The number of fused-ring (bicyclic) bond motifs is 1. The summed E-state index contributed by atoms with van der Waals surface area (Å²) in [4.78, 5) is 16.9. The number of sulfone groups is 1. The van der Waals surface area contributed by atoms with Crippen LogP contribution in [0.25, 0.3) is 11.3 Å². The molecule has 0 radical (unpaired) electrons. The van der Waals surface area contributed by atoms with Crippen molar-refractivity contribution in [1.29, 1.82) is 0 Å². The van der Waals surface area contributed by atoms with Crippen LogP contribution in [0, 0.1) is 0 Å². The van der Waals surface area contributed by atoms with Gasteiger partial charge >= 0.3 is 0 Å². The Kier molecular flexibility index (Phi) is 6.57. The van der Waals surface area contributed by atoms with E-state index in [0.29, 0.717) is 24.7 Å². The minimum absolute atomic E-state index is 0. The number of aromatic nitrogens is 4. The highest BCUT2D eigenvalue weighted by Gasteiger charge is 2.20. The summed E-state index contributed by atoms with van der Waals surface area (Å²) in [5, 5.41) is 3.37. The average Bonchev–Trinajstić information content (AvgIpc) is 3.20. The lowest BCUT2D eigenvalue weighted by molar-refractivity contribution is 0.352. The number of nitrogens with zero attached hydrogens (tertiary/aromatic N) is 4. The van der Waals surface area contributed by atoms with Gasteiger partial charge in [0.05, 0.1) is 18.0 Å². The van der Waals surface area contributed by atoms with E-state index in [1.807, 2.05) is 18.3 Å². The summed E-state index contributed by atoms with van der Waals surface area (Å²) in [5.41, 5.74) is 3.53. The summed E-state index contributed by atoms with van der Waals surface area (Å²) < 4.78 is 28.9. The molecule has 4 rings (SSSR count). The van der Waals surface area contributed by atoms with E-state index >= 15 is 0 Å². The van der Waals surface area contributed by atoms with Gasteiger partial charge in [-0.3, -0.25) is 4.98 Å². The fourth-order valence-corrected chi connectivity index (χ4v) is 3.78. The summed E-state index contributed by atoms with van der Waals surface area (Å²) >= 11 is 0. The standard InChI is InChI=1S/C20H21N5O3S.H2S/c1-13(15-5-7-21-16-6-8-28-20(15)16)10-22-18-9-17(24-12-25-18)14-3-4-19(23-11-14)29(2,26)27;/h3-5,7,9,11-13H,6,8,10H2,1-2H3,(H,22,24,25);1H2/t13-;/m1./s1. The third kappa shape index (κ3) is 4.71. The molecule has 1 N–H and O–H groups in total. The number of anilines is 1. The van der Waals surface area contributed by atoms with Crippen molar-refractivity contribution in [1.82, 2.24) is 19.9 Å². The normalized spacial score (nSPS) is 13.7. The zero-order chi connectivity index (χ0) is 20.4. The van der Waals surface area contributed by atoms with E-state index in [4.69, 9.17) is 4.74 Å². The number of rotatable bonds is 6. The molecule has 4 heterocycles. The van der Waals surface area contributed by atoms with E-state index in [0.717, 1.165) is 35.2 Å². The number of pyridine rings is 2. The zero-order valence-corrected chi connectivity index (χ0v) is 18.5. The SMILES string of the molecule is C[C@H](CNc1cc(-c2ccc(S(C)(=O)=O)nc2)ncn1)c1ccnc2c1OCC2.S. The molecule has 0 aliphatic carbocycles. The molecule has 10 heteroatoms. The van der Waals surface area contributed by atoms with Crippen LogP contribution in [0.3, 0.4) is 0 Å². The van der Waals surface area contributed by atoms with Crippen LogP contribution < -0.4 is 10.1 Å². The van der Waals surface area contributed by atoms with Crippen molar-refractivity contribution in [3.05, 3.63) is 54.2 Å². The maximum atomic E-state index is 11.6. The summed E-state index contributed by atoms with van der Waals surface area (Å²) in [5.74, 6) is 1.79. The van der Waals surface area contributed by atoms with Crippen molar-refractivity contribution in [2.24, 2.45) is 0 Å². The van der Waals surface area contributed by atoms with Crippen molar-refractivity contribution in [2.75, 3.05) is 24.7 Å². The lowest BCUT2D eigenvalue weighted by atomic mass is 10.00. The van der Waals surface area contributed by atoms with Crippen LogP contribution in [0.15, 0.2) is 48.0 Å². The Morgan fingerprint density at radius 1 is 1.17 bits per heavy atom. The van der Waals surface area contributed by atoms with E-state index in [-0.39, 0.29) is 24.4 Å². The Balaban J connectivity index is 0.00000256. The van der Waals surface area contributed by atoms with Crippen molar-refractivity contribution in [2.45, 2.75) is 24.3 Å². The van der Waals surface area contributed by atoms with Gasteiger partial charge in [0.15, 0.2) is 14.9 Å². The summed E-state index contributed by atoms with van der Waals surface area (Å²) in [6, 6.07) is 6.98. The van der Waals surface area contributed by atoms with Gasteiger partial charge in [0, 0.05) is 54.7 Å². The fraction of sp³-hybridized carbons (Fsp3) is 0.300. The Morgan fingerprint density at radius 3 is 2.73 bits per heavy atom. The van der Waals surface area contributed by atoms with Crippen LogP contribution in [-0.4, -0.2) is 47.8 Å². The van der Waals surface area contributed by atoms with Gasteiger partial charge in [-0.15, -0.1) is 0 Å². The second-order valence-corrected chi connectivity index (χ2v) is 8.96. The maximum Gasteiger partial charge on any atom is 0.192 e.